The van der Waals surface area contributed by atoms with E-state index in [1.807, 2.05) is 17.9 Å². The number of thiazole rings is 1. The number of carbonyl (C=O) groups excluding carboxylic acids is 1. The van der Waals surface area contributed by atoms with Crippen LogP contribution in [0.2, 0.25) is 0 Å². The highest BCUT2D eigenvalue weighted by atomic mass is 32.1. The Morgan fingerprint density at radius 1 is 1.24 bits per heavy atom. The van der Waals surface area contributed by atoms with Crippen molar-refractivity contribution in [3.63, 3.8) is 0 Å². The number of nitrogens with one attached hydrogen (secondary N) is 1. The van der Waals surface area contributed by atoms with Gasteiger partial charge in [-0.3, -0.25) is 9.69 Å². The van der Waals surface area contributed by atoms with E-state index < -0.39 is 0 Å². The number of aromatic amines is 1. The number of hydrogen-bond donors (Lipinski definition) is 1. The number of aryl methyl sites for hydroxylation is 1. The lowest BCUT2D eigenvalue weighted by atomic mass is 10.3. The molecule has 0 aliphatic carbocycles. The quantitative estimate of drug-likeness (QED) is 0.784. The minimum atomic E-state index is 0.0283. The van der Waals surface area contributed by atoms with Gasteiger partial charge in [-0.2, -0.15) is 0 Å². The maximum absolute atomic E-state index is 12.6. The van der Waals surface area contributed by atoms with Crippen molar-refractivity contribution in [2.24, 2.45) is 0 Å². The first-order valence-electron chi connectivity index (χ1n) is 8.57. The van der Waals surface area contributed by atoms with Crippen LogP contribution in [0.15, 0.2) is 30.6 Å². The van der Waals surface area contributed by atoms with E-state index in [9.17, 15) is 4.79 Å². The fraction of sp³-hybridized carbons (Fsp3) is 0.389. The Balaban J connectivity index is 1.41. The number of rotatable bonds is 3. The van der Waals surface area contributed by atoms with Crippen LogP contribution in [0.3, 0.4) is 0 Å². The Morgan fingerprint density at radius 3 is 2.92 bits per heavy atom. The summed E-state index contributed by atoms with van der Waals surface area (Å²) < 4.78 is 1.23. The molecule has 6 nitrogen and oxygen atoms in total. The molecule has 0 unspecified atom stereocenters. The van der Waals surface area contributed by atoms with Crippen molar-refractivity contribution in [1.82, 2.24) is 24.8 Å². The Hall–Kier alpha value is -2.25. The Bertz CT molecular complexity index is 853. The third-order valence-corrected chi connectivity index (χ3v) is 5.63. The average Bonchev–Trinajstić information content (AvgIpc) is 3.14. The molecule has 0 spiro atoms. The molecule has 1 N–H and O–H groups in total. The van der Waals surface area contributed by atoms with Gasteiger partial charge in [0, 0.05) is 31.9 Å². The second kappa shape index (κ2) is 6.93. The predicted octanol–water partition coefficient (Wildman–Crippen LogP) is 2.68. The van der Waals surface area contributed by atoms with Crippen molar-refractivity contribution in [1.29, 1.82) is 0 Å². The average molecular weight is 355 g/mol. The van der Waals surface area contributed by atoms with Gasteiger partial charge in [0.2, 0.25) is 0 Å². The lowest BCUT2D eigenvalue weighted by molar-refractivity contribution is 0.0755. The third kappa shape index (κ3) is 3.43. The second-order valence-electron chi connectivity index (χ2n) is 6.37. The summed E-state index contributed by atoms with van der Waals surface area (Å²) in [6.07, 6.45) is 2.56. The highest BCUT2D eigenvalue weighted by Crippen LogP contribution is 2.23. The second-order valence-corrected chi connectivity index (χ2v) is 7.49. The number of para-hydroxylation sites is 1. The smallest absolute Gasteiger partial charge is 0.274 e. The van der Waals surface area contributed by atoms with E-state index in [0.717, 1.165) is 55.4 Å². The minimum absolute atomic E-state index is 0.0283. The zero-order chi connectivity index (χ0) is 17.2. The van der Waals surface area contributed by atoms with Gasteiger partial charge in [-0.15, -0.1) is 11.3 Å². The monoisotopic (exact) mass is 355 g/mol. The van der Waals surface area contributed by atoms with Crippen molar-refractivity contribution < 1.29 is 4.79 Å². The number of carbonyl (C=O) groups is 1. The van der Waals surface area contributed by atoms with E-state index in [1.54, 1.807) is 17.7 Å². The summed E-state index contributed by atoms with van der Waals surface area (Å²) in [5, 5.41) is 1.14. The Kier molecular flexibility index (Phi) is 4.50. The standard InChI is InChI=1S/C18H21N5OS/c1-13-17(20-12-19-13)18(24)23-8-4-7-22(9-10-23)11-16-21-14-5-2-3-6-15(14)25-16/h2-3,5-6,12H,4,7-11H2,1H3,(H,19,20). The fourth-order valence-electron chi connectivity index (χ4n) is 3.24. The molecular weight excluding hydrogens is 334 g/mol. The summed E-state index contributed by atoms with van der Waals surface area (Å²) in [5.74, 6) is 0.0283. The van der Waals surface area contributed by atoms with Gasteiger partial charge in [-0.25, -0.2) is 9.97 Å². The van der Waals surface area contributed by atoms with Crippen molar-refractivity contribution in [2.45, 2.75) is 19.9 Å². The van der Waals surface area contributed by atoms with E-state index in [-0.39, 0.29) is 5.91 Å². The molecule has 0 atom stereocenters. The van der Waals surface area contributed by atoms with E-state index in [0.29, 0.717) is 5.69 Å². The highest BCUT2D eigenvalue weighted by Gasteiger charge is 2.23. The van der Waals surface area contributed by atoms with Gasteiger partial charge in [0.05, 0.1) is 23.1 Å². The molecule has 1 aromatic carbocycles. The number of amides is 1. The molecule has 7 heteroatoms. The van der Waals surface area contributed by atoms with Gasteiger partial charge < -0.3 is 9.88 Å². The zero-order valence-electron chi connectivity index (χ0n) is 14.2. The van der Waals surface area contributed by atoms with Gasteiger partial charge in [-0.05, 0) is 25.5 Å². The van der Waals surface area contributed by atoms with Crippen molar-refractivity contribution in [2.75, 3.05) is 26.2 Å². The maximum Gasteiger partial charge on any atom is 0.274 e. The Labute approximate surface area is 150 Å². The summed E-state index contributed by atoms with van der Waals surface area (Å²) in [5.41, 5.74) is 2.45. The minimum Gasteiger partial charge on any atom is -0.348 e. The molecule has 4 rings (SSSR count). The number of hydrogen-bond acceptors (Lipinski definition) is 5. The van der Waals surface area contributed by atoms with E-state index in [4.69, 9.17) is 4.98 Å². The number of benzene rings is 1. The first-order valence-corrected chi connectivity index (χ1v) is 9.38. The lowest BCUT2D eigenvalue weighted by Gasteiger charge is -2.21. The summed E-state index contributed by atoms with van der Waals surface area (Å²) in [6.45, 7) is 6.10. The van der Waals surface area contributed by atoms with Crippen LogP contribution in [0.5, 0.6) is 0 Å². The molecule has 1 amide bonds. The van der Waals surface area contributed by atoms with Crippen LogP contribution in [0.25, 0.3) is 10.2 Å². The van der Waals surface area contributed by atoms with Crippen molar-refractivity contribution >= 4 is 27.5 Å². The molecule has 25 heavy (non-hydrogen) atoms. The third-order valence-electron chi connectivity index (χ3n) is 4.61. The molecule has 1 fully saturated rings. The van der Waals surface area contributed by atoms with Crippen LogP contribution < -0.4 is 0 Å². The zero-order valence-corrected chi connectivity index (χ0v) is 15.1. The summed E-state index contributed by atoms with van der Waals surface area (Å²) >= 11 is 1.76. The SMILES string of the molecule is Cc1[nH]cnc1C(=O)N1CCCN(Cc2nc3ccccc3s2)CC1. The molecule has 1 saturated heterocycles. The van der Waals surface area contributed by atoms with Crippen LogP contribution in [0, 0.1) is 6.92 Å². The van der Waals surface area contributed by atoms with Crippen LogP contribution in [-0.4, -0.2) is 56.8 Å². The van der Waals surface area contributed by atoms with Gasteiger partial charge in [0.1, 0.15) is 10.7 Å². The van der Waals surface area contributed by atoms with Crippen LogP contribution in [0.1, 0.15) is 27.6 Å². The van der Waals surface area contributed by atoms with Gasteiger partial charge in [0.15, 0.2) is 0 Å². The molecule has 2 aromatic heterocycles. The molecule has 3 heterocycles. The summed E-state index contributed by atoms with van der Waals surface area (Å²) in [7, 11) is 0. The fourth-order valence-corrected chi connectivity index (χ4v) is 4.25. The topological polar surface area (TPSA) is 65.1 Å². The molecule has 130 valence electrons. The summed E-state index contributed by atoms with van der Waals surface area (Å²) in [6, 6.07) is 8.25. The van der Waals surface area contributed by atoms with Gasteiger partial charge >= 0.3 is 0 Å². The molecule has 0 radical (unpaired) electrons. The van der Waals surface area contributed by atoms with E-state index >= 15 is 0 Å². The largest absolute Gasteiger partial charge is 0.348 e. The maximum atomic E-state index is 12.6. The number of fused-ring (bicyclic) bond motifs is 1. The van der Waals surface area contributed by atoms with Crippen molar-refractivity contribution in [3.8, 4) is 0 Å². The van der Waals surface area contributed by atoms with Gasteiger partial charge in [0.25, 0.3) is 5.91 Å². The van der Waals surface area contributed by atoms with Crippen molar-refractivity contribution in [3.05, 3.63) is 47.0 Å². The molecule has 1 aliphatic heterocycles. The lowest BCUT2D eigenvalue weighted by Crippen LogP contribution is -2.35. The first kappa shape index (κ1) is 16.2. The molecular formula is C18H21N5OS. The molecule has 0 saturated carbocycles. The van der Waals surface area contributed by atoms with E-state index in [1.165, 1.54) is 4.70 Å². The van der Waals surface area contributed by atoms with Gasteiger partial charge in [-0.1, -0.05) is 12.1 Å². The van der Waals surface area contributed by atoms with E-state index in [2.05, 4.69) is 33.1 Å². The normalized spacial score (nSPS) is 16.3. The van der Waals surface area contributed by atoms with Crippen LogP contribution in [-0.2, 0) is 6.54 Å². The number of nitrogens with zero attached hydrogens (tertiary/aromatic N) is 4. The molecule has 1 aliphatic rings. The molecule has 3 aromatic rings. The molecule has 0 bridgehead atoms. The number of H-pyrrole nitrogens is 1. The summed E-state index contributed by atoms with van der Waals surface area (Å²) in [4.78, 5) is 28.8. The highest BCUT2D eigenvalue weighted by molar-refractivity contribution is 7.18. The first-order chi connectivity index (χ1) is 12.2. The number of aromatic nitrogens is 3. The van der Waals surface area contributed by atoms with Crippen LogP contribution >= 0.6 is 11.3 Å². The Morgan fingerprint density at radius 2 is 2.12 bits per heavy atom. The number of imidazole rings is 1. The van der Waals surface area contributed by atoms with Crippen LogP contribution in [0.4, 0.5) is 0 Å². The predicted molar refractivity (Wildman–Crippen MR) is 98.7 cm³/mol.